The molecule has 0 spiro atoms. The molecule has 0 saturated carbocycles. The minimum Gasteiger partial charge on any atom is -0.497 e. The van der Waals surface area contributed by atoms with Gasteiger partial charge in [0.2, 0.25) is 11.8 Å². The van der Waals surface area contributed by atoms with E-state index in [0.29, 0.717) is 28.8 Å². The maximum absolute atomic E-state index is 13.2. The lowest BCUT2D eigenvalue weighted by molar-refractivity contribution is -0.135. The summed E-state index contributed by atoms with van der Waals surface area (Å²) in [5.74, 6) is -1.82. The molecule has 3 rings (SSSR count). The number of benzene rings is 2. The van der Waals surface area contributed by atoms with Gasteiger partial charge in [0.25, 0.3) is 5.91 Å². The third kappa shape index (κ3) is 4.94. The first-order chi connectivity index (χ1) is 15.3. The minimum absolute atomic E-state index is 0.00687. The normalized spacial score (nSPS) is 15.8. The van der Waals surface area contributed by atoms with Crippen molar-refractivity contribution < 1.29 is 33.8 Å². The summed E-state index contributed by atoms with van der Waals surface area (Å²) in [5, 5.41) is 8.87. The van der Waals surface area contributed by atoms with E-state index in [-0.39, 0.29) is 13.0 Å². The number of methoxy groups -OCH3 is 2. The van der Waals surface area contributed by atoms with Crippen molar-refractivity contribution in [1.29, 1.82) is 0 Å². The molecule has 32 heavy (non-hydrogen) atoms. The molecule has 0 radical (unpaired) electrons. The SMILES string of the molecule is COc1ccc(CN(C(=O)/C=C/C(=O)O)[C@H]2CC(=O)N(c3ccc(OC)cc3)C2=O)cc1. The van der Waals surface area contributed by atoms with E-state index >= 15 is 0 Å². The molecule has 1 aliphatic rings. The number of hydrogen-bond acceptors (Lipinski definition) is 6. The second-order valence-electron chi connectivity index (χ2n) is 6.97. The summed E-state index contributed by atoms with van der Waals surface area (Å²) in [4.78, 5) is 51.7. The van der Waals surface area contributed by atoms with Gasteiger partial charge in [0, 0.05) is 18.7 Å². The molecule has 0 bridgehead atoms. The Hall–Kier alpha value is -4.14. The van der Waals surface area contributed by atoms with Crippen LogP contribution < -0.4 is 14.4 Å². The van der Waals surface area contributed by atoms with Gasteiger partial charge in [-0.15, -0.1) is 0 Å². The van der Waals surface area contributed by atoms with Gasteiger partial charge in [-0.25, -0.2) is 9.69 Å². The molecule has 166 valence electrons. The number of anilines is 1. The van der Waals surface area contributed by atoms with Crippen LogP contribution in [0.5, 0.6) is 11.5 Å². The molecule has 2 aromatic rings. The molecule has 1 N–H and O–H groups in total. The van der Waals surface area contributed by atoms with Gasteiger partial charge in [-0.1, -0.05) is 12.1 Å². The van der Waals surface area contributed by atoms with Gasteiger partial charge in [0.05, 0.1) is 26.3 Å². The van der Waals surface area contributed by atoms with Crippen molar-refractivity contribution >= 4 is 29.4 Å². The molecule has 1 fully saturated rings. The first-order valence-electron chi connectivity index (χ1n) is 9.69. The van der Waals surface area contributed by atoms with Crippen molar-refractivity contribution in [2.45, 2.75) is 19.0 Å². The van der Waals surface area contributed by atoms with Crippen LogP contribution in [0.1, 0.15) is 12.0 Å². The Morgan fingerprint density at radius 3 is 2.09 bits per heavy atom. The molecule has 0 aliphatic carbocycles. The number of nitrogens with zero attached hydrogens (tertiary/aromatic N) is 2. The summed E-state index contributed by atoms with van der Waals surface area (Å²) >= 11 is 0. The highest BCUT2D eigenvalue weighted by Crippen LogP contribution is 2.28. The van der Waals surface area contributed by atoms with Gasteiger partial charge in [-0.2, -0.15) is 0 Å². The van der Waals surface area contributed by atoms with Crippen LogP contribution in [0.25, 0.3) is 0 Å². The second-order valence-corrected chi connectivity index (χ2v) is 6.97. The van der Waals surface area contributed by atoms with Crippen molar-refractivity contribution in [3.05, 3.63) is 66.2 Å². The Labute approximate surface area is 184 Å². The summed E-state index contributed by atoms with van der Waals surface area (Å²) < 4.78 is 10.2. The van der Waals surface area contributed by atoms with Gasteiger partial charge in [0.15, 0.2) is 0 Å². The molecule has 0 aromatic heterocycles. The monoisotopic (exact) mass is 438 g/mol. The summed E-state index contributed by atoms with van der Waals surface area (Å²) in [5.41, 5.74) is 1.05. The minimum atomic E-state index is -1.29. The van der Waals surface area contributed by atoms with Crippen LogP contribution in [0.4, 0.5) is 5.69 Å². The molecule has 0 unspecified atom stereocenters. The van der Waals surface area contributed by atoms with E-state index in [9.17, 15) is 19.2 Å². The largest absolute Gasteiger partial charge is 0.497 e. The number of aliphatic carboxylic acids is 1. The van der Waals surface area contributed by atoms with Crippen LogP contribution in [0.3, 0.4) is 0 Å². The topological polar surface area (TPSA) is 113 Å². The van der Waals surface area contributed by atoms with Crippen LogP contribution >= 0.6 is 0 Å². The Kier molecular flexibility index (Phi) is 6.89. The van der Waals surface area contributed by atoms with Gasteiger partial charge >= 0.3 is 5.97 Å². The zero-order chi connectivity index (χ0) is 23.3. The number of carbonyl (C=O) groups excluding carboxylic acids is 3. The van der Waals surface area contributed by atoms with E-state index in [1.807, 2.05) is 0 Å². The second kappa shape index (κ2) is 9.78. The number of ether oxygens (including phenoxy) is 2. The van der Waals surface area contributed by atoms with Crippen molar-refractivity contribution in [3.63, 3.8) is 0 Å². The van der Waals surface area contributed by atoms with E-state index < -0.39 is 29.7 Å². The predicted molar refractivity (Wildman–Crippen MR) is 114 cm³/mol. The standard InChI is InChI=1S/C23H22N2O7/c1-31-17-7-3-15(4-8-17)14-24(20(26)11-12-22(28)29)19-13-21(27)25(23(19)30)16-5-9-18(32-2)10-6-16/h3-12,19H,13-14H2,1-2H3,(H,28,29)/b12-11+/t19-/m0/s1. The molecular weight excluding hydrogens is 416 g/mol. The van der Waals surface area contributed by atoms with E-state index in [2.05, 4.69) is 0 Å². The number of rotatable bonds is 8. The molecule has 1 heterocycles. The number of carbonyl (C=O) groups is 4. The van der Waals surface area contributed by atoms with E-state index in [0.717, 1.165) is 11.0 Å². The fourth-order valence-electron chi connectivity index (χ4n) is 3.37. The fraction of sp³-hybridized carbons (Fsp3) is 0.217. The first kappa shape index (κ1) is 22.5. The Balaban J connectivity index is 1.90. The van der Waals surface area contributed by atoms with E-state index in [1.54, 1.807) is 48.5 Å². The highest BCUT2D eigenvalue weighted by atomic mass is 16.5. The molecule has 9 nitrogen and oxygen atoms in total. The lowest BCUT2D eigenvalue weighted by Gasteiger charge is -2.26. The summed E-state index contributed by atoms with van der Waals surface area (Å²) in [7, 11) is 3.03. The van der Waals surface area contributed by atoms with Crippen LogP contribution in [0.15, 0.2) is 60.7 Å². The van der Waals surface area contributed by atoms with Crippen LogP contribution in [0, 0.1) is 0 Å². The summed E-state index contributed by atoms with van der Waals surface area (Å²) in [6.07, 6.45) is 1.36. The van der Waals surface area contributed by atoms with Gasteiger partial charge in [-0.3, -0.25) is 14.4 Å². The Bertz CT molecular complexity index is 1050. The third-order valence-electron chi connectivity index (χ3n) is 4.99. The van der Waals surface area contributed by atoms with Gasteiger partial charge < -0.3 is 19.5 Å². The van der Waals surface area contributed by atoms with Gasteiger partial charge in [0.1, 0.15) is 17.5 Å². The van der Waals surface area contributed by atoms with Crippen molar-refractivity contribution in [3.8, 4) is 11.5 Å². The van der Waals surface area contributed by atoms with Crippen molar-refractivity contribution in [2.24, 2.45) is 0 Å². The zero-order valence-electron chi connectivity index (χ0n) is 17.6. The third-order valence-corrected chi connectivity index (χ3v) is 4.99. The van der Waals surface area contributed by atoms with Crippen LogP contribution in [-0.2, 0) is 25.7 Å². The molecule has 9 heteroatoms. The lowest BCUT2D eigenvalue weighted by atomic mass is 10.1. The number of carboxylic acid groups (broad SMARTS) is 1. The maximum atomic E-state index is 13.2. The van der Waals surface area contributed by atoms with E-state index in [1.165, 1.54) is 19.1 Å². The molecular formula is C23H22N2O7. The number of amides is 3. The first-order valence-corrected chi connectivity index (χ1v) is 9.69. The van der Waals surface area contributed by atoms with Crippen molar-refractivity contribution in [1.82, 2.24) is 4.90 Å². The quantitative estimate of drug-likeness (QED) is 0.495. The fourth-order valence-corrected chi connectivity index (χ4v) is 3.37. The molecule has 1 atom stereocenters. The number of imide groups is 1. The summed E-state index contributed by atoms with van der Waals surface area (Å²) in [6.45, 7) is 0.00687. The molecule has 1 aliphatic heterocycles. The highest BCUT2D eigenvalue weighted by Gasteiger charge is 2.44. The Morgan fingerprint density at radius 1 is 1.00 bits per heavy atom. The highest BCUT2D eigenvalue weighted by molar-refractivity contribution is 6.23. The molecule has 2 aromatic carbocycles. The van der Waals surface area contributed by atoms with Crippen molar-refractivity contribution in [2.75, 3.05) is 19.1 Å². The zero-order valence-corrected chi connectivity index (χ0v) is 17.6. The number of hydrogen-bond donors (Lipinski definition) is 1. The number of carboxylic acids is 1. The average molecular weight is 438 g/mol. The Morgan fingerprint density at radius 2 is 1.56 bits per heavy atom. The molecule has 3 amide bonds. The average Bonchev–Trinajstić information content (AvgIpc) is 3.09. The summed E-state index contributed by atoms with van der Waals surface area (Å²) in [6, 6.07) is 12.2. The predicted octanol–water partition coefficient (Wildman–Crippen LogP) is 2.01. The van der Waals surface area contributed by atoms with Crippen LogP contribution in [0.2, 0.25) is 0 Å². The smallest absolute Gasteiger partial charge is 0.328 e. The maximum Gasteiger partial charge on any atom is 0.328 e. The lowest BCUT2D eigenvalue weighted by Crippen LogP contribution is -2.44. The van der Waals surface area contributed by atoms with E-state index in [4.69, 9.17) is 14.6 Å². The van der Waals surface area contributed by atoms with Gasteiger partial charge in [-0.05, 0) is 42.0 Å². The molecule has 1 saturated heterocycles. The van der Waals surface area contributed by atoms with Crippen LogP contribution in [-0.4, -0.2) is 54.0 Å².